The average Bonchev–Trinajstić information content (AvgIpc) is 2.56. The molecule has 1 N–H and O–H groups in total. The van der Waals surface area contributed by atoms with Gasteiger partial charge < -0.3 is 14.8 Å². The van der Waals surface area contributed by atoms with Crippen LogP contribution in [-0.2, 0) is 4.74 Å². The van der Waals surface area contributed by atoms with Gasteiger partial charge in [-0.2, -0.15) is 9.78 Å². The number of nitrogens with zero attached hydrogens (tertiary/aromatic N) is 2. The highest BCUT2D eigenvalue weighted by Gasteiger charge is 2.13. The number of hydrogen-bond donors (Lipinski definition) is 1. The zero-order chi connectivity index (χ0) is 17.5. The Labute approximate surface area is 148 Å². The molecular formula is C15H15Cl2N3O4. The molecule has 0 aliphatic rings. The molecule has 0 spiro atoms. The number of aromatic nitrogens is 2. The number of halogens is 2. The lowest BCUT2D eigenvalue weighted by Crippen LogP contribution is -2.29. The predicted octanol–water partition coefficient (Wildman–Crippen LogP) is 2.66. The molecule has 1 amide bonds. The molecule has 1 heterocycles. The summed E-state index contributed by atoms with van der Waals surface area (Å²) in [6, 6.07) is 6.77. The summed E-state index contributed by atoms with van der Waals surface area (Å²) in [6.07, 6.45) is 0.775. The molecule has 2 rings (SSSR count). The monoisotopic (exact) mass is 371 g/mol. The molecule has 2 aromatic rings. The molecule has 1 aromatic heterocycles. The fourth-order valence-electron chi connectivity index (χ4n) is 1.81. The van der Waals surface area contributed by atoms with E-state index < -0.39 is 11.7 Å². The van der Waals surface area contributed by atoms with Crippen LogP contribution in [0.2, 0.25) is 10.0 Å². The standard InChI is InChI=1S/C15H15Cl2N3O4/c1-2-23-15(22)18-7-8-24-12-9-19-20(14(21)13(12)17)11-6-4-3-5-10(11)16/h3-6,9H,2,7-8H2,1H3,(H,18,22). The van der Waals surface area contributed by atoms with Crippen molar-refractivity contribution < 1.29 is 14.3 Å². The largest absolute Gasteiger partial charge is 0.488 e. The lowest BCUT2D eigenvalue weighted by molar-refractivity contribution is 0.150. The van der Waals surface area contributed by atoms with Crippen molar-refractivity contribution in [1.29, 1.82) is 0 Å². The minimum absolute atomic E-state index is 0.107. The van der Waals surface area contributed by atoms with Crippen molar-refractivity contribution >= 4 is 29.3 Å². The van der Waals surface area contributed by atoms with Gasteiger partial charge in [-0.3, -0.25) is 4.79 Å². The van der Waals surface area contributed by atoms with E-state index >= 15 is 0 Å². The summed E-state index contributed by atoms with van der Waals surface area (Å²) in [5.74, 6) is 0.121. The summed E-state index contributed by atoms with van der Waals surface area (Å²) in [6.45, 7) is 2.29. The van der Waals surface area contributed by atoms with E-state index in [1.807, 2.05) is 0 Å². The molecule has 0 aliphatic heterocycles. The van der Waals surface area contributed by atoms with Gasteiger partial charge in [-0.25, -0.2) is 4.79 Å². The molecule has 0 radical (unpaired) electrons. The number of para-hydroxylation sites is 1. The Bertz CT molecular complexity index is 780. The summed E-state index contributed by atoms with van der Waals surface area (Å²) in [4.78, 5) is 23.4. The molecule has 0 bridgehead atoms. The summed E-state index contributed by atoms with van der Waals surface area (Å²) < 4.78 is 11.2. The summed E-state index contributed by atoms with van der Waals surface area (Å²) in [5, 5.41) is 6.74. The summed E-state index contributed by atoms with van der Waals surface area (Å²) >= 11 is 12.1. The highest BCUT2D eigenvalue weighted by Crippen LogP contribution is 2.22. The van der Waals surface area contributed by atoms with Crippen LogP contribution in [-0.4, -0.2) is 35.6 Å². The maximum absolute atomic E-state index is 12.3. The molecule has 0 atom stereocenters. The zero-order valence-electron chi connectivity index (χ0n) is 12.8. The Balaban J connectivity index is 2.07. The Kier molecular flexibility index (Phi) is 6.45. The highest BCUT2D eigenvalue weighted by molar-refractivity contribution is 6.32. The number of rotatable bonds is 6. The van der Waals surface area contributed by atoms with E-state index in [9.17, 15) is 9.59 Å². The van der Waals surface area contributed by atoms with E-state index in [1.165, 1.54) is 6.20 Å². The van der Waals surface area contributed by atoms with Crippen LogP contribution in [0.5, 0.6) is 5.75 Å². The van der Waals surface area contributed by atoms with Gasteiger partial charge in [-0.05, 0) is 19.1 Å². The fraction of sp³-hybridized carbons (Fsp3) is 0.267. The predicted molar refractivity (Wildman–Crippen MR) is 90.4 cm³/mol. The molecule has 0 fully saturated rings. The molecular weight excluding hydrogens is 357 g/mol. The topological polar surface area (TPSA) is 82.4 Å². The molecule has 0 saturated heterocycles. The second kappa shape index (κ2) is 8.56. The van der Waals surface area contributed by atoms with Crippen LogP contribution in [0.1, 0.15) is 6.92 Å². The number of carbonyl (C=O) groups excluding carboxylic acids is 1. The van der Waals surface area contributed by atoms with Crippen LogP contribution >= 0.6 is 23.2 Å². The number of benzene rings is 1. The molecule has 0 saturated carbocycles. The van der Waals surface area contributed by atoms with Gasteiger partial charge in [-0.1, -0.05) is 35.3 Å². The number of ether oxygens (including phenoxy) is 2. The van der Waals surface area contributed by atoms with Gasteiger partial charge >= 0.3 is 6.09 Å². The first-order valence-corrected chi connectivity index (χ1v) is 7.86. The summed E-state index contributed by atoms with van der Waals surface area (Å²) in [5.41, 5.74) is -0.137. The van der Waals surface area contributed by atoms with Crippen LogP contribution in [0.4, 0.5) is 4.79 Å². The molecule has 1 aromatic carbocycles. The number of carbonyl (C=O) groups is 1. The Morgan fingerprint density at radius 2 is 2.08 bits per heavy atom. The van der Waals surface area contributed by atoms with Gasteiger partial charge in [0.15, 0.2) is 10.8 Å². The zero-order valence-corrected chi connectivity index (χ0v) is 14.3. The first-order valence-electron chi connectivity index (χ1n) is 7.10. The van der Waals surface area contributed by atoms with Gasteiger partial charge in [0.1, 0.15) is 6.61 Å². The van der Waals surface area contributed by atoms with Crippen molar-refractivity contribution in [3.05, 3.63) is 50.9 Å². The van der Waals surface area contributed by atoms with E-state index in [4.69, 9.17) is 32.7 Å². The maximum atomic E-state index is 12.3. The van der Waals surface area contributed by atoms with Crippen LogP contribution in [0, 0.1) is 0 Å². The van der Waals surface area contributed by atoms with Crippen LogP contribution in [0.3, 0.4) is 0 Å². The first kappa shape index (κ1) is 18.1. The third kappa shape index (κ3) is 4.39. The Hall–Kier alpha value is -2.25. The van der Waals surface area contributed by atoms with E-state index in [0.29, 0.717) is 10.7 Å². The first-order chi connectivity index (χ1) is 11.5. The van der Waals surface area contributed by atoms with Crippen molar-refractivity contribution in [2.45, 2.75) is 6.92 Å². The maximum Gasteiger partial charge on any atom is 0.407 e. The number of alkyl carbamates (subject to hydrolysis) is 1. The fourth-order valence-corrected chi connectivity index (χ4v) is 2.21. The van der Waals surface area contributed by atoms with E-state index in [1.54, 1.807) is 31.2 Å². The van der Waals surface area contributed by atoms with Crippen molar-refractivity contribution in [3.63, 3.8) is 0 Å². The summed E-state index contributed by atoms with van der Waals surface area (Å²) in [7, 11) is 0. The van der Waals surface area contributed by atoms with Gasteiger partial charge in [-0.15, -0.1) is 0 Å². The quantitative estimate of drug-likeness (QED) is 0.789. The van der Waals surface area contributed by atoms with Crippen LogP contribution in [0.15, 0.2) is 35.3 Å². The lowest BCUT2D eigenvalue weighted by atomic mass is 10.3. The second-order valence-corrected chi connectivity index (χ2v) is 5.27. The van der Waals surface area contributed by atoms with E-state index in [0.717, 1.165) is 4.68 Å². The van der Waals surface area contributed by atoms with Gasteiger partial charge in [0.25, 0.3) is 5.56 Å². The van der Waals surface area contributed by atoms with Gasteiger partial charge in [0, 0.05) is 0 Å². The Morgan fingerprint density at radius 1 is 1.33 bits per heavy atom. The number of amides is 1. The van der Waals surface area contributed by atoms with Crippen LogP contribution < -0.4 is 15.6 Å². The highest BCUT2D eigenvalue weighted by atomic mass is 35.5. The van der Waals surface area contributed by atoms with E-state index in [2.05, 4.69) is 10.4 Å². The SMILES string of the molecule is CCOC(=O)NCCOc1cnn(-c2ccccc2Cl)c(=O)c1Cl. The van der Waals surface area contributed by atoms with Crippen molar-refractivity contribution in [2.24, 2.45) is 0 Å². The molecule has 128 valence electrons. The third-order valence-electron chi connectivity index (χ3n) is 2.87. The van der Waals surface area contributed by atoms with Crippen LogP contribution in [0.25, 0.3) is 5.69 Å². The van der Waals surface area contributed by atoms with Gasteiger partial charge in [0.2, 0.25) is 0 Å². The minimum Gasteiger partial charge on any atom is -0.488 e. The van der Waals surface area contributed by atoms with Crippen molar-refractivity contribution in [2.75, 3.05) is 19.8 Å². The number of hydrogen-bond acceptors (Lipinski definition) is 5. The minimum atomic E-state index is -0.555. The smallest absolute Gasteiger partial charge is 0.407 e. The molecule has 0 aliphatic carbocycles. The lowest BCUT2D eigenvalue weighted by Gasteiger charge is -2.11. The molecule has 7 nitrogen and oxygen atoms in total. The van der Waals surface area contributed by atoms with Crippen molar-refractivity contribution in [3.8, 4) is 11.4 Å². The van der Waals surface area contributed by atoms with E-state index in [-0.39, 0.29) is 30.5 Å². The Morgan fingerprint density at radius 3 is 2.79 bits per heavy atom. The average molecular weight is 372 g/mol. The molecule has 9 heteroatoms. The normalized spacial score (nSPS) is 10.3. The van der Waals surface area contributed by atoms with Crippen molar-refractivity contribution in [1.82, 2.24) is 15.1 Å². The molecule has 0 unspecified atom stereocenters. The molecule has 24 heavy (non-hydrogen) atoms. The second-order valence-electron chi connectivity index (χ2n) is 4.49. The van der Waals surface area contributed by atoms with Gasteiger partial charge in [0.05, 0.1) is 30.1 Å². The third-order valence-corrected chi connectivity index (χ3v) is 3.54. The number of nitrogens with one attached hydrogen (secondary N) is 1.